The first kappa shape index (κ1) is 24.7. The van der Waals surface area contributed by atoms with E-state index in [2.05, 4.69) is 0 Å². The predicted octanol–water partition coefficient (Wildman–Crippen LogP) is 2.16. The van der Waals surface area contributed by atoms with Crippen molar-refractivity contribution in [1.29, 1.82) is 0 Å². The molecule has 0 bridgehead atoms. The van der Waals surface area contributed by atoms with Gasteiger partial charge in [-0.05, 0) is 47.7 Å². The van der Waals surface area contributed by atoms with Crippen LogP contribution in [-0.4, -0.2) is 77.2 Å². The van der Waals surface area contributed by atoms with Crippen LogP contribution in [-0.2, 0) is 19.6 Å². The van der Waals surface area contributed by atoms with Gasteiger partial charge in [0, 0.05) is 38.3 Å². The summed E-state index contributed by atoms with van der Waals surface area (Å²) in [6, 6.07) is 13.5. The number of nitro benzene ring substituents is 1. The molecule has 2 fully saturated rings. The SMILES string of the molecule is O=C(CN1CCN(S(=O)(=O)c2ccccc2)CC1)N1C(=O)S/C(=C\c2ccc([N+](=O)[O-])cc2)C1=O. The normalized spacial score (nSPS) is 18.9. The highest BCUT2D eigenvalue weighted by Crippen LogP contribution is 2.32. The van der Waals surface area contributed by atoms with Crippen LogP contribution in [0.5, 0.6) is 0 Å². The quantitative estimate of drug-likeness (QED) is 0.321. The molecule has 35 heavy (non-hydrogen) atoms. The summed E-state index contributed by atoms with van der Waals surface area (Å²) < 4.78 is 26.8. The Morgan fingerprint density at radius 3 is 2.23 bits per heavy atom. The van der Waals surface area contributed by atoms with E-state index in [-0.39, 0.29) is 48.2 Å². The van der Waals surface area contributed by atoms with Gasteiger partial charge in [-0.25, -0.2) is 13.3 Å². The molecule has 2 aliphatic rings. The third-order valence-corrected chi connectivity index (χ3v) is 8.30. The molecule has 2 aromatic rings. The van der Waals surface area contributed by atoms with E-state index >= 15 is 0 Å². The van der Waals surface area contributed by atoms with Crippen LogP contribution in [0.1, 0.15) is 5.56 Å². The Morgan fingerprint density at radius 2 is 1.63 bits per heavy atom. The van der Waals surface area contributed by atoms with Crippen molar-refractivity contribution in [1.82, 2.24) is 14.1 Å². The first-order valence-electron chi connectivity index (χ1n) is 10.5. The summed E-state index contributed by atoms with van der Waals surface area (Å²) >= 11 is 0.617. The number of amides is 3. The number of nitrogens with zero attached hydrogens (tertiary/aromatic N) is 4. The van der Waals surface area contributed by atoms with Gasteiger partial charge in [-0.2, -0.15) is 4.31 Å². The van der Waals surface area contributed by atoms with Gasteiger partial charge in [-0.3, -0.25) is 29.4 Å². The van der Waals surface area contributed by atoms with Gasteiger partial charge in [-0.15, -0.1) is 0 Å². The summed E-state index contributed by atoms with van der Waals surface area (Å²) in [5.41, 5.74) is 0.367. The number of carbonyl (C=O) groups is 3. The number of imide groups is 3. The number of nitro groups is 1. The molecule has 0 atom stereocenters. The number of piperazine rings is 1. The molecule has 0 aliphatic carbocycles. The Kier molecular flexibility index (Phi) is 7.12. The molecule has 0 radical (unpaired) electrons. The molecule has 11 nitrogen and oxygen atoms in total. The lowest BCUT2D eigenvalue weighted by Crippen LogP contribution is -2.51. The third kappa shape index (κ3) is 5.32. The molecule has 2 heterocycles. The zero-order valence-electron chi connectivity index (χ0n) is 18.3. The van der Waals surface area contributed by atoms with E-state index in [0.717, 1.165) is 0 Å². The predicted molar refractivity (Wildman–Crippen MR) is 128 cm³/mol. The van der Waals surface area contributed by atoms with Crippen molar-refractivity contribution >= 4 is 50.6 Å². The summed E-state index contributed by atoms with van der Waals surface area (Å²) in [7, 11) is -3.64. The first-order valence-corrected chi connectivity index (χ1v) is 12.8. The topological polar surface area (TPSA) is 138 Å². The van der Waals surface area contributed by atoms with Gasteiger partial charge >= 0.3 is 0 Å². The molecule has 4 rings (SSSR count). The van der Waals surface area contributed by atoms with Crippen LogP contribution >= 0.6 is 11.8 Å². The molecular formula is C22H20N4O7S2. The first-order chi connectivity index (χ1) is 16.7. The maximum Gasteiger partial charge on any atom is 0.300 e. The molecule has 13 heteroatoms. The smallest absolute Gasteiger partial charge is 0.292 e. The Labute approximate surface area is 205 Å². The zero-order valence-corrected chi connectivity index (χ0v) is 19.9. The monoisotopic (exact) mass is 516 g/mol. The number of carbonyl (C=O) groups excluding carboxylic acids is 3. The second-order valence-electron chi connectivity index (χ2n) is 7.75. The summed E-state index contributed by atoms with van der Waals surface area (Å²) in [6.07, 6.45) is 1.40. The average Bonchev–Trinajstić information content (AvgIpc) is 3.12. The van der Waals surface area contributed by atoms with E-state index in [4.69, 9.17) is 0 Å². The molecule has 2 saturated heterocycles. The van der Waals surface area contributed by atoms with Crippen molar-refractivity contribution < 1.29 is 27.7 Å². The van der Waals surface area contributed by atoms with Crippen LogP contribution < -0.4 is 0 Å². The van der Waals surface area contributed by atoms with Gasteiger partial charge in [0.15, 0.2) is 0 Å². The molecule has 2 aromatic carbocycles. The minimum Gasteiger partial charge on any atom is -0.292 e. The Balaban J connectivity index is 1.37. The van der Waals surface area contributed by atoms with Crippen molar-refractivity contribution in [2.24, 2.45) is 0 Å². The number of non-ortho nitro benzene ring substituents is 1. The largest absolute Gasteiger partial charge is 0.300 e. The van der Waals surface area contributed by atoms with E-state index < -0.39 is 32.0 Å². The van der Waals surface area contributed by atoms with E-state index in [0.29, 0.717) is 22.2 Å². The molecule has 0 spiro atoms. The molecule has 0 N–H and O–H groups in total. The highest BCUT2D eigenvalue weighted by molar-refractivity contribution is 8.18. The van der Waals surface area contributed by atoms with E-state index in [1.54, 1.807) is 23.1 Å². The lowest BCUT2D eigenvalue weighted by atomic mass is 10.2. The van der Waals surface area contributed by atoms with Gasteiger partial charge in [-0.1, -0.05) is 18.2 Å². The standard InChI is InChI=1S/C22H20N4O7S2/c27-20(15-23-10-12-24(13-11-23)35(32,33)18-4-2-1-3-5-18)25-21(28)19(34-22(25)29)14-16-6-8-17(9-7-16)26(30)31/h1-9,14H,10-13,15H2/b19-14-. The van der Waals surface area contributed by atoms with Crippen LogP contribution in [0.4, 0.5) is 10.5 Å². The van der Waals surface area contributed by atoms with Crippen LogP contribution in [0.3, 0.4) is 0 Å². The summed E-state index contributed by atoms with van der Waals surface area (Å²) in [5, 5.41) is 10.0. The average molecular weight is 517 g/mol. The molecule has 182 valence electrons. The lowest BCUT2D eigenvalue weighted by molar-refractivity contribution is -0.384. The number of hydrogen-bond acceptors (Lipinski definition) is 9. The molecule has 0 unspecified atom stereocenters. The summed E-state index contributed by atoms with van der Waals surface area (Å²) in [6.45, 7) is 0.681. The van der Waals surface area contributed by atoms with Crippen LogP contribution in [0.15, 0.2) is 64.4 Å². The Bertz CT molecular complexity index is 1300. The summed E-state index contributed by atoms with van der Waals surface area (Å²) in [4.78, 5) is 50.5. The Morgan fingerprint density at radius 1 is 1.00 bits per heavy atom. The Hall–Kier alpha value is -3.39. The number of sulfonamides is 1. The lowest BCUT2D eigenvalue weighted by Gasteiger charge is -2.33. The number of benzene rings is 2. The van der Waals surface area contributed by atoms with Gasteiger partial charge in [0.1, 0.15) is 0 Å². The highest BCUT2D eigenvalue weighted by atomic mass is 32.2. The highest BCUT2D eigenvalue weighted by Gasteiger charge is 2.40. The fraction of sp³-hybridized carbons (Fsp3) is 0.227. The number of rotatable bonds is 6. The second kappa shape index (κ2) is 10.1. The molecule has 3 amide bonds. The van der Waals surface area contributed by atoms with Gasteiger partial charge in [0.2, 0.25) is 10.0 Å². The van der Waals surface area contributed by atoms with Crippen LogP contribution in [0.25, 0.3) is 6.08 Å². The minimum absolute atomic E-state index is 0.0379. The maximum atomic E-state index is 12.7. The summed E-state index contributed by atoms with van der Waals surface area (Å²) in [5.74, 6) is -1.45. The van der Waals surface area contributed by atoms with Crippen molar-refractivity contribution in [3.05, 3.63) is 75.2 Å². The number of hydrogen-bond donors (Lipinski definition) is 0. The van der Waals surface area contributed by atoms with Crippen molar-refractivity contribution in [2.75, 3.05) is 32.7 Å². The fourth-order valence-electron chi connectivity index (χ4n) is 3.66. The van der Waals surface area contributed by atoms with Crippen LogP contribution in [0, 0.1) is 10.1 Å². The number of thioether (sulfide) groups is 1. The maximum absolute atomic E-state index is 12.7. The van der Waals surface area contributed by atoms with Gasteiger partial charge in [0.05, 0.1) is 21.3 Å². The molecular weight excluding hydrogens is 496 g/mol. The molecule has 0 saturated carbocycles. The second-order valence-corrected chi connectivity index (χ2v) is 10.7. The fourth-order valence-corrected chi connectivity index (χ4v) is 5.94. The van der Waals surface area contributed by atoms with E-state index in [1.807, 2.05) is 0 Å². The van der Waals surface area contributed by atoms with Crippen molar-refractivity contribution in [3.8, 4) is 0 Å². The van der Waals surface area contributed by atoms with Gasteiger partial charge in [0.25, 0.3) is 22.7 Å². The van der Waals surface area contributed by atoms with Gasteiger partial charge < -0.3 is 0 Å². The molecule has 0 aromatic heterocycles. The van der Waals surface area contributed by atoms with E-state index in [1.165, 1.54) is 46.8 Å². The zero-order chi connectivity index (χ0) is 25.2. The van der Waals surface area contributed by atoms with E-state index in [9.17, 15) is 32.9 Å². The minimum atomic E-state index is -3.64. The molecule has 2 aliphatic heterocycles. The van der Waals surface area contributed by atoms with Crippen molar-refractivity contribution in [3.63, 3.8) is 0 Å². The van der Waals surface area contributed by atoms with Crippen molar-refractivity contribution in [2.45, 2.75) is 4.90 Å². The van der Waals surface area contributed by atoms with Crippen LogP contribution in [0.2, 0.25) is 0 Å². The third-order valence-electron chi connectivity index (χ3n) is 5.52.